The molecule has 0 bridgehead atoms. The molecule has 0 aromatic heterocycles. The highest BCUT2D eigenvalue weighted by molar-refractivity contribution is 7.92. The molecule has 1 unspecified atom stereocenters. The normalized spacial score (nSPS) is 15.2. The second-order valence-corrected chi connectivity index (χ2v) is 9.30. The molecule has 33 heavy (non-hydrogen) atoms. The number of methoxy groups -OCH3 is 2. The monoisotopic (exact) mass is 468 g/mol. The highest BCUT2D eigenvalue weighted by Crippen LogP contribution is 2.36. The number of fused-ring (bicyclic) bond motifs is 1. The number of hydrogen-bond acceptors (Lipinski definition) is 6. The van der Waals surface area contributed by atoms with E-state index < -0.39 is 22.0 Å². The van der Waals surface area contributed by atoms with Crippen molar-refractivity contribution in [3.05, 3.63) is 78.4 Å². The van der Waals surface area contributed by atoms with Gasteiger partial charge in [0.25, 0.3) is 5.91 Å². The topological polar surface area (TPSA) is 94.2 Å². The molecule has 1 aliphatic heterocycles. The minimum atomic E-state index is -3.77. The second kappa shape index (κ2) is 9.41. The van der Waals surface area contributed by atoms with Crippen molar-refractivity contribution in [2.45, 2.75) is 11.9 Å². The van der Waals surface area contributed by atoms with Gasteiger partial charge in [-0.2, -0.15) is 0 Å². The molecule has 0 aliphatic carbocycles. The Bertz CT molecular complexity index is 1250. The number of hydrogen-bond donors (Lipinski definition) is 1. The number of benzene rings is 3. The van der Waals surface area contributed by atoms with Gasteiger partial charge in [-0.3, -0.25) is 9.10 Å². The molecule has 1 atom stereocenters. The van der Waals surface area contributed by atoms with Gasteiger partial charge in [0.1, 0.15) is 5.75 Å². The molecule has 4 rings (SSSR count). The molecule has 9 heteroatoms. The van der Waals surface area contributed by atoms with Gasteiger partial charge in [0.05, 0.1) is 32.2 Å². The summed E-state index contributed by atoms with van der Waals surface area (Å²) in [6.45, 7) is -0.148. The molecule has 0 saturated heterocycles. The molecule has 0 saturated carbocycles. The first-order chi connectivity index (χ1) is 15.9. The zero-order chi connectivity index (χ0) is 23.4. The molecule has 0 radical (unpaired) electrons. The average molecular weight is 469 g/mol. The Hall–Kier alpha value is -3.72. The van der Waals surface area contributed by atoms with Crippen LogP contribution in [0.3, 0.4) is 0 Å². The van der Waals surface area contributed by atoms with Gasteiger partial charge in [0.15, 0.2) is 17.6 Å². The number of ether oxygens (including phenoxy) is 3. The minimum absolute atomic E-state index is 0.148. The number of sulfonamides is 1. The van der Waals surface area contributed by atoms with Crippen LogP contribution in [0.15, 0.2) is 72.8 Å². The number of carbonyl (C=O) groups excluding carboxylic acids is 1. The molecule has 3 aromatic rings. The summed E-state index contributed by atoms with van der Waals surface area (Å²) in [5, 5.41) is 2.77. The van der Waals surface area contributed by atoms with Crippen LogP contribution < -0.4 is 23.8 Å². The standard InChI is InChI=1S/C24H24N2O6S/c1-30-21-13-12-18(14-22(21)31-2)25-24(27)23-15-26(19-10-6-7-11-20(19)32-23)33(28,29)16-17-8-4-3-5-9-17/h3-14,23H,15-16H2,1-2H3,(H,25,27). The molecule has 1 N–H and O–H groups in total. The summed E-state index contributed by atoms with van der Waals surface area (Å²) in [5.41, 5.74) is 1.54. The average Bonchev–Trinajstić information content (AvgIpc) is 2.83. The number of amides is 1. The Morgan fingerprint density at radius 3 is 2.42 bits per heavy atom. The van der Waals surface area contributed by atoms with Crippen molar-refractivity contribution in [3.63, 3.8) is 0 Å². The fourth-order valence-corrected chi connectivity index (χ4v) is 5.18. The van der Waals surface area contributed by atoms with E-state index in [9.17, 15) is 13.2 Å². The molecular weight excluding hydrogens is 444 g/mol. The van der Waals surface area contributed by atoms with Crippen LogP contribution in [0.1, 0.15) is 5.56 Å². The van der Waals surface area contributed by atoms with Crippen LogP contribution in [-0.2, 0) is 20.6 Å². The van der Waals surface area contributed by atoms with Crippen molar-refractivity contribution in [3.8, 4) is 17.2 Å². The van der Waals surface area contributed by atoms with E-state index in [0.717, 1.165) is 0 Å². The van der Waals surface area contributed by atoms with Crippen LogP contribution in [0, 0.1) is 0 Å². The van der Waals surface area contributed by atoms with Gasteiger partial charge in [-0.15, -0.1) is 0 Å². The Kier molecular flexibility index (Phi) is 6.41. The molecular formula is C24H24N2O6S. The second-order valence-electron chi connectivity index (χ2n) is 7.41. The lowest BCUT2D eigenvalue weighted by Gasteiger charge is -2.34. The summed E-state index contributed by atoms with van der Waals surface area (Å²) < 4.78 is 44.2. The van der Waals surface area contributed by atoms with Gasteiger partial charge in [0, 0.05) is 11.8 Å². The van der Waals surface area contributed by atoms with Crippen LogP contribution >= 0.6 is 0 Å². The van der Waals surface area contributed by atoms with Crippen LogP contribution in [0.5, 0.6) is 17.2 Å². The lowest BCUT2D eigenvalue weighted by atomic mass is 10.2. The van der Waals surface area contributed by atoms with Crippen LogP contribution in [0.2, 0.25) is 0 Å². The van der Waals surface area contributed by atoms with E-state index in [0.29, 0.717) is 34.2 Å². The predicted octanol–water partition coefficient (Wildman–Crippen LogP) is 3.44. The van der Waals surface area contributed by atoms with E-state index in [1.165, 1.54) is 18.5 Å². The molecule has 1 aliphatic rings. The van der Waals surface area contributed by atoms with Crippen LogP contribution in [-0.4, -0.2) is 41.2 Å². The van der Waals surface area contributed by atoms with Gasteiger partial charge in [-0.25, -0.2) is 8.42 Å². The summed E-state index contributed by atoms with van der Waals surface area (Å²) in [7, 11) is -0.750. The van der Waals surface area contributed by atoms with E-state index >= 15 is 0 Å². The maximum absolute atomic E-state index is 13.3. The highest BCUT2D eigenvalue weighted by atomic mass is 32.2. The Labute approximate surface area is 192 Å². The van der Waals surface area contributed by atoms with Crippen molar-refractivity contribution in [1.82, 2.24) is 0 Å². The smallest absolute Gasteiger partial charge is 0.267 e. The molecule has 172 valence electrons. The molecule has 1 heterocycles. The summed E-state index contributed by atoms with van der Waals surface area (Å²) in [6.07, 6.45) is -1.04. The zero-order valence-corrected chi connectivity index (χ0v) is 19.0. The number of nitrogens with zero attached hydrogens (tertiary/aromatic N) is 1. The number of carbonyl (C=O) groups is 1. The van der Waals surface area contributed by atoms with Crippen molar-refractivity contribution in [2.24, 2.45) is 0 Å². The SMILES string of the molecule is COc1ccc(NC(=O)C2CN(S(=O)(=O)Cc3ccccc3)c3ccccc3O2)cc1OC. The highest BCUT2D eigenvalue weighted by Gasteiger charge is 2.36. The third kappa shape index (κ3) is 4.88. The third-order valence-corrected chi connectivity index (χ3v) is 6.92. The summed E-state index contributed by atoms with van der Waals surface area (Å²) >= 11 is 0. The van der Waals surface area contributed by atoms with Crippen molar-refractivity contribution < 1.29 is 27.4 Å². The first kappa shape index (κ1) is 22.5. The van der Waals surface area contributed by atoms with Gasteiger partial charge in [-0.1, -0.05) is 42.5 Å². The first-order valence-electron chi connectivity index (χ1n) is 10.2. The molecule has 3 aromatic carbocycles. The molecule has 0 spiro atoms. The minimum Gasteiger partial charge on any atom is -0.493 e. The van der Waals surface area contributed by atoms with Crippen molar-refractivity contribution >= 4 is 27.3 Å². The number of para-hydroxylation sites is 2. The summed E-state index contributed by atoms with van der Waals surface area (Å²) in [5.74, 6) is 0.643. The lowest BCUT2D eigenvalue weighted by Crippen LogP contribution is -2.49. The van der Waals surface area contributed by atoms with Crippen molar-refractivity contribution in [1.29, 1.82) is 0 Å². The van der Waals surface area contributed by atoms with E-state index in [4.69, 9.17) is 14.2 Å². The summed E-state index contributed by atoms with van der Waals surface area (Å²) in [6, 6.07) is 20.7. The molecule has 0 fully saturated rings. The number of anilines is 2. The number of rotatable bonds is 7. The zero-order valence-electron chi connectivity index (χ0n) is 18.2. The lowest BCUT2D eigenvalue weighted by molar-refractivity contribution is -0.122. The van der Waals surface area contributed by atoms with Crippen LogP contribution in [0.25, 0.3) is 0 Å². The Morgan fingerprint density at radius 1 is 1.00 bits per heavy atom. The maximum Gasteiger partial charge on any atom is 0.267 e. The third-order valence-electron chi connectivity index (χ3n) is 5.21. The van der Waals surface area contributed by atoms with E-state index in [1.54, 1.807) is 66.7 Å². The van der Waals surface area contributed by atoms with Gasteiger partial charge in [-0.05, 0) is 29.8 Å². The maximum atomic E-state index is 13.3. The van der Waals surface area contributed by atoms with Crippen LogP contribution in [0.4, 0.5) is 11.4 Å². The van der Waals surface area contributed by atoms with E-state index in [2.05, 4.69) is 5.32 Å². The fraction of sp³-hybridized carbons (Fsp3) is 0.208. The largest absolute Gasteiger partial charge is 0.493 e. The van der Waals surface area contributed by atoms with E-state index in [-0.39, 0.29) is 12.3 Å². The van der Waals surface area contributed by atoms with Gasteiger partial charge in [0.2, 0.25) is 10.0 Å². The van der Waals surface area contributed by atoms with Gasteiger partial charge >= 0.3 is 0 Å². The Balaban J connectivity index is 1.59. The number of nitrogens with one attached hydrogen (secondary N) is 1. The molecule has 1 amide bonds. The van der Waals surface area contributed by atoms with Crippen molar-refractivity contribution in [2.75, 3.05) is 30.4 Å². The van der Waals surface area contributed by atoms with Gasteiger partial charge < -0.3 is 19.5 Å². The summed E-state index contributed by atoms with van der Waals surface area (Å²) in [4.78, 5) is 13.0. The first-order valence-corrected chi connectivity index (χ1v) is 11.8. The fourth-order valence-electron chi connectivity index (χ4n) is 3.60. The van der Waals surface area contributed by atoms with E-state index in [1.807, 2.05) is 6.07 Å². The predicted molar refractivity (Wildman–Crippen MR) is 125 cm³/mol. The molecule has 8 nitrogen and oxygen atoms in total. The quantitative estimate of drug-likeness (QED) is 0.571. The Morgan fingerprint density at radius 2 is 1.70 bits per heavy atom.